The second kappa shape index (κ2) is 6.42. The fourth-order valence-corrected chi connectivity index (χ4v) is 4.29. The fourth-order valence-electron chi connectivity index (χ4n) is 1.52. The SMILES string of the molecule is Cc1csc(CNC(C)C)c1S(=O)(=O)NCC(F)(F)F. The highest BCUT2D eigenvalue weighted by Crippen LogP contribution is 2.27. The van der Waals surface area contributed by atoms with Crippen molar-refractivity contribution in [1.82, 2.24) is 10.0 Å². The lowest BCUT2D eigenvalue weighted by Crippen LogP contribution is -2.34. The average Bonchev–Trinajstić information content (AvgIpc) is 2.65. The van der Waals surface area contributed by atoms with Gasteiger partial charge in [-0.15, -0.1) is 11.3 Å². The predicted octanol–water partition coefficient (Wildman–Crippen LogP) is 2.40. The van der Waals surface area contributed by atoms with E-state index in [-0.39, 0.29) is 10.9 Å². The van der Waals surface area contributed by atoms with Crippen LogP contribution in [0.5, 0.6) is 0 Å². The Balaban J connectivity index is 2.96. The van der Waals surface area contributed by atoms with Gasteiger partial charge in [-0.3, -0.25) is 0 Å². The second-order valence-corrected chi connectivity index (χ2v) is 7.31. The van der Waals surface area contributed by atoms with Gasteiger partial charge in [0.25, 0.3) is 0 Å². The highest BCUT2D eigenvalue weighted by molar-refractivity contribution is 7.89. The standard InChI is InChI=1S/C11H17F3N2O2S2/c1-7(2)15-4-9-10(8(3)5-19-9)20(17,18)16-6-11(12,13)14/h5,7,15-16H,4,6H2,1-3H3. The molecule has 0 unspecified atom stereocenters. The zero-order chi connectivity index (χ0) is 15.6. The summed E-state index contributed by atoms with van der Waals surface area (Å²) in [5, 5.41) is 4.68. The molecule has 20 heavy (non-hydrogen) atoms. The molecule has 4 nitrogen and oxygen atoms in total. The third kappa shape index (κ3) is 5.04. The van der Waals surface area contributed by atoms with Gasteiger partial charge in [0.15, 0.2) is 0 Å². The Morgan fingerprint density at radius 2 is 1.95 bits per heavy atom. The molecule has 0 aliphatic rings. The Bertz CT molecular complexity index is 551. The van der Waals surface area contributed by atoms with Crippen LogP contribution in [0.3, 0.4) is 0 Å². The van der Waals surface area contributed by atoms with Crippen molar-refractivity contribution in [2.75, 3.05) is 6.54 Å². The number of halogens is 3. The summed E-state index contributed by atoms with van der Waals surface area (Å²) in [4.78, 5) is 0.450. The van der Waals surface area contributed by atoms with E-state index in [9.17, 15) is 21.6 Å². The van der Waals surface area contributed by atoms with Crippen molar-refractivity contribution in [3.63, 3.8) is 0 Å². The molecule has 116 valence electrons. The minimum absolute atomic E-state index is 0.0556. The number of alkyl halides is 3. The summed E-state index contributed by atoms with van der Waals surface area (Å²) in [5.74, 6) is 0. The molecule has 0 radical (unpaired) electrons. The van der Waals surface area contributed by atoms with Gasteiger partial charge < -0.3 is 5.32 Å². The normalized spacial score (nSPS) is 13.2. The molecule has 1 aromatic heterocycles. The van der Waals surface area contributed by atoms with Crippen LogP contribution in [-0.4, -0.2) is 27.2 Å². The van der Waals surface area contributed by atoms with Crippen LogP contribution in [-0.2, 0) is 16.6 Å². The number of aryl methyl sites for hydroxylation is 1. The molecule has 1 heterocycles. The molecule has 1 rings (SSSR count). The predicted molar refractivity (Wildman–Crippen MR) is 72.3 cm³/mol. The number of nitrogens with one attached hydrogen (secondary N) is 2. The first kappa shape index (κ1) is 17.4. The average molecular weight is 330 g/mol. The molecule has 0 aliphatic carbocycles. The number of hydrogen-bond acceptors (Lipinski definition) is 4. The molecule has 1 aromatic rings. The van der Waals surface area contributed by atoms with Crippen molar-refractivity contribution in [3.8, 4) is 0 Å². The van der Waals surface area contributed by atoms with Crippen LogP contribution >= 0.6 is 11.3 Å². The molecule has 9 heteroatoms. The van der Waals surface area contributed by atoms with Gasteiger partial charge in [0.2, 0.25) is 10.0 Å². The van der Waals surface area contributed by atoms with E-state index in [1.807, 2.05) is 13.8 Å². The molecule has 0 atom stereocenters. The Labute approximate surface area is 120 Å². The summed E-state index contributed by atoms with van der Waals surface area (Å²) in [6.45, 7) is 4.10. The molecule has 0 fully saturated rings. The highest BCUT2D eigenvalue weighted by atomic mass is 32.2. The first-order chi connectivity index (χ1) is 9.03. The van der Waals surface area contributed by atoms with E-state index in [0.29, 0.717) is 17.0 Å². The maximum absolute atomic E-state index is 12.1. The van der Waals surface area contributed by atoms with E-state index >= 15 is 0 Å². The third-order valence-electron chi connectivity index (χ3n) is 2.39. The van der Waals surface area contributed by atoms with E-state index in [0.717, 1.165) is 0 Å². The molecule has 0 bridgehead atoms. The van der Waals surface area contributed by atoms with Gasteiger partial charge in [0.1, 0.15) is 11.4 Å². The van der Waals surface area contributed by atoms with E-state index in [2.05, 4.69) is 5.32 Å². The summed E-state index contributed by atoms with van der Waals surface area (Å²) >= 11 is 1.22. The molecule has 0 spiro atoms. The van der Waals surface area contributed by atoms with Gasteiger partial charge in [-0.1, -0.05) is 13.8 Å². The lowest BCUT2D eigenvalue weighted by atomic mass is 10.3. The summed E-state index contributed by atoms with van der Waals surface area (Å²) in [6, 6.07) is 0.149. The first-order valence-corrected chi connectivity index (χ1v) is 8.26. The van der Waals surface area contributed by atoms with Crippen LogP contribution in [0, 0.1) is 6.92 Å². The van der Waals surface area contributed by atoms with Crippen molar-refractivity contribution < 1.29 is 21.6 Å². The minimum Gasteiger partial charge on any atom is -0.310 e. The van der Waals surface area contributed by atoms with Crippen LogP contribution in [0.15, 0.2) is 10.3 Å². The van der Waals surface area contributed by atoms with Crippen LogP contribution in [0.1, 0.15) is 24.3 Å². The zero-order valence-corrected chi connectivity index (χ0v) is 13.0. The molecule has 0 aromatic carbocycles. The van der Waals surface area contributed by atoms with Crippen LogP contribution in [0.4, 0.5) is 13.2 Å². The first-order valence-electron chi connectivity index (χ1n) is 5.89. The lowest BCUT2D eigenvalue weighted by Gasteiger charge is -2.12. The zero-order valence-electron chi connectivity index (χ0n) is 11.3. The lowest BCUT2D eigenvalue weighted by molar-refractivity contribution is -0.121. The largest absolute Gasteiger partial charge is 0.402 e. The fraction of sp³-hybridized carbons (Fsp3) is 0.636. The van der Waals surface area contributed by atoms with Crippen molar-refractivity contribution in [3.05, 3.63) is 15.8 Å². The smallest absolute Gasteiger partial charge is 0.310 e. The number of sulfonamides is 1. The van der Waals surface area contributed by atoms with E-state index in [1.54, 1.807) is 17.0 Å². The quantitative estimate of drug-likeness (QED) is 0.842. The van der Waals surface area contributed by atoms with Gasteiger partial charge in [0, 0.05) is 17.5 Å². The van der Waals surface area contributed by atoms with Crippen molar-refractivity contribution in [2.24, 2.45) is 0 Å². The third-order valence-corrected chi connectivity index (χ3v) is 5.26. The van der Waals surface area contributed by atoms with E-state index < -0.39 is 22.7 Å². The Morgan fingerprint density at radius 1 is 1.35 bits per heavy atom. The summed E-state index contributed by atoms with van der Waals surface area (Å²) < 4.78 is 62.0. The van der Waals surface area contributed by atoms with Crippen LogP contribution in [0.2, 0.25) is 0 Å². The number of rotatable bonds is 6. The van der Waals surface area contributed by atoms with Crippen LogP contribution < -0.4 is 10.0 Å². The van der Waals surface area contributed by atoms with Gasteiger partial charge in [-0.2, -0.15) is 13.2 Å². The molecule has 0 saturated heterocycles. The van der Waals surface area contributed by atoms with Gasteiger partial charge >= 0.3 is 6.18 Å². The van der Waals surface area contributed by atoms with Gasteiger partial charge in [-0.25, -0.2) is 13.1 Å². The van der Waals surface area contributed by atoms with Gasteiger partial charge in [-0.05, 0) is 17.9 Å². The van der Waals surface area contributed by atoms with Crippen molar-refractivity contribution in [2.45, 2.75) is 44.4 Å². The Kier molecular flexibility index (Phi) is 5.59. The minimum atomic E-state index is -4.58. The molecule has 0 saturated carbocycles. The van der Waals surface area contributed by atoms with E-state index in [4.69, 9.17) is 0 Å². The highest BCUT2D eigenvalue weighted by Gasteiger charge is 2.31. The van der Waals surface area contributed by atoms with E-state index in [1.165, 1.54) is 11.3 Å². The maximum atomic E-state index is 12.1. The summed E-state index contributed by atoms with van der Waals surface area (Å²) in [6.07, 6.45) is -4.58. The summed E-state index contributed by atoms with van der Waals surface area (Å²) in [5.41, 5.74) is 0.449. The summed E-state index contributed by atoms with van der Waals surface area (Å²) in [7, 11) is -4.16. The molecule has 0 amide bonds. The van der Waals surface area contributed by atoms with Gasteiger partial charge in [0.05, 0.1) is 0 Å². The molecule has 2 N–H and O–H groups in total. The van der Waals surface area contributed by atoms with Crippen molar-refractivity contribution in [1.29, 1.82) is 0 Å². The monoisotopic (exact) mass is 330 g/mol. The number of hydrogen-bond donors (Lipinski definition) is 2. The molecule has 0 aliphatic heterocycles. The maximum Gasteiger partial charge on any atom is 0.402 e. The Hall–Kier alpha value is -0.640. The molecular formula is C11H17F3N2O2S2. The molecular weight excluding hydrogens is 313 g/mol. The van der Waals surface area contributed by atoms with Crippen molar-refractivity contribution >= 4 is 21.4 Å². The Morgan fingerprint density at radius 3 is 2.45 bits per heavy atom. The topological polar surface area (TPSA) is 58.2 Å². The second-order valence-electron chi connectivity index (χ2n) is 4.65. The van der Waals surface area contributed by atoms with Crippen LogP contribution in [0.25, 0.3) is 0 Å². The number of thiophene rings is 1.